The molecular formula is C9H15N3O. The molecule has 0 amide bonds. The van der Waals surface area contributed by atoms with Crippen LogP contribution in [0.2, 0.25) is 0 Å². The van der Waals surface area contributed by atoms with Crippen molar-refractivity contribution in [2.75, 3.05) is 19.6 Å². The average Bonchev–Trinajstić information content (AvgIpc) is 2.53. The zero-order valence-corrected chi connectivity index (χ0v) is 7.84. The Bertz CT molecular complexity index is 270. The van der Waals surface area contributed by atoms with E-state index in [2.05, 4.69) is 18.5 Å². The van der Waals surface area contributed by atoms with Crippen LogP contribution in [0.1, 0.15) is 13.3 Å². The standard InChI is InChI=1S/C9H15N3O/c1-7-6-11-13-9(7)8-2-4-12(10)5-3-8/h2,11H,3-6,10H2,1H3. The molecule has 0 bridgehead atoms. The Morgan fingerprint density at radius 2 is 2.46 bits per heavy atom. The number of rotatable bonds is 1. The molecule has 2 aliphatic heterocycles. The molecule has 4 heteroatoms. The molecule has 0 unspecified atom stereocenters. The quantitative estimate of drug-likeness (QED) is 0.571. The minimum atomic E-state index is 0.815. The maximum Gasteiger partial charge on any atom is 0.150 e. The van der Waals surface area contributed by atoms with E-state index in [1.807, 2.05) is 5.01 Å². The van der Waals surface area contributed by atoms with Crippen LogP contribution >= 0.6 is 0 Å². The number of hydrogen-bond donors (Lipinski definition) is 2. The van der Waals surface area contributed by atoms with Crippen molar-refractivity contribution in [3.8, 4) is 0 Å². The van der Waals surface area contributed by atoms with Gasteiger partial charge in [-0.15, -0.1) is 0 Å². The molecule has 72 valence electrons. The highest BCUT2D eigenvalue weighted by Crippen LogP contribution is 2.23. The maximum atomic E-state index is 5.65. The van der Waals surface area contributed by atoms with Gasteiger partial charge in [-0.3, -0.25) is 5.84 Å². The summed E-state index contributed by atoms with van der Waals surface area (Å²) < 4.78 is 0. The second-order valence-corrected chi connectivity index (χ2v) is 3.51. The van der Waals surface area contributed by atoms with Crippen molar-refractivity contribution >= 4 is 0 Å². The van der Waals surface area contributed by atoms with E-state index in [0.29, 0.717) is 0 Å². The van der Waals surface area contributed by atoms with Crippen LogP contribution in [0.3, 0.4) is 0 Å². The summed E-state index contributed by atoms with van der Waals surface area (Å²) in [5.41, 5.74) is 5.43. The van der Waals surface area contributed by atoms with E-state index in [-0.39, 0.29) is 0 Å². The van der Waals surface area contributed by atoms with Crippen LogP contribution in [0.25, 0.3) is 0 Å². The number of nitrogens with two attached hydrogens (primary N) is 1. The van der Waals surface area contributed by atoms with Crippen molar-refractivity contribution < 1.29 is 4.84 Å². The highest BCUT2D eigenvalue weighted by Gasteiger charge is 2.19. The Kier molecular flexibility index (Phi) is 2.35. The van der Waals surface area contributed by atoms with Crippen molar-refractivity contribution in [2.45, 2.75) is 13.3 Å². The molecule has 0 saturated carbocycles. The fourth-order valence-corrected chi connectivity index (χ4v) is 1.61. The van der Waals surface area contributed by atoms with Crippen LogP contribution in [-0.2, 0) is 4.84 Å². The van der Waals surface area contributed by atoms with Crippen molar-refractivity contribution in [1.29, 1.82) is 0 Å². The van der Waals surface area contributed by atoms with E-state index < -0.39 is 0 Å². The van der Waals surface area contributed by atoms with Gasteiger partial charge in [0.15, 0.2) is 0 Å². The smallest absolute Gasteiger partial charge is 0.150 e. The Balaban J connectivity index is 2.13. The first kappa shape index (κ1) is 8.74. The Labute approximate surface area is 78.0 Å². The van der Waals surface area contributed by atoms with E-state index in [9.17, 15) is 0 Å². The van der Waals surface area contributed by atoms with Crippen molar-refractivity contribution in [3.63, 3.8) is 0 Å². The van der Waals surface area contributed by atoms with Gasteiger partial charge in [-0.2, -0.15) is 5.48 Å². The molecule has 3 N–H and O–H groups in total. The molecule has 0 aliphatic carbocycles. The van der Waals surface area contributed by atoms with Crippen LogP contribution in [0.15, 0.2) is 23.0 Å². The number of allylic oxidation sites excluding steroid dienone is 1. The van der Waals surface area contributed by atoms with E-state index in [1.165, 1.54) is 11.1 Å². The summed E-state index contributed by atoms with van der Waals surface area (Å²) in [5.74, 6) is 6.67. The lowest BCUT2D eigenvalue weighted by Gasteiger charge is -2.21. The molecule has 4 nitrogen and oxygen atoms in total. The molecule has 13 heavy (non-hydrogen) atoms. The van der Waals surface area contributed by atoms with Gasteiger partial charge in [-0.25, -0.2) is 5.01 Å². The summed E-state index contributed by atoms with van der Waals surface area (Å²) in [7, 11) is 0. The molecular weight excluding hydrogens is 166 g/mol. The summed E-state index contributed by atoms with van der Waals surface area (Å²) in [6, 6.07) is 0. The van der Waals surface area contributed by atoms with Gasteiger partial charge in [0.25, 0.3) is 0 Å². The van der Waals surface area contributed by atoms with Gasteiger partial charge >= 0.3 is 0 Å². The summed E-state index contributed by atoms with van der Waals surface area (Å²) in [5, 5.41) is 1.81. The first-order chi connectivity index (χ1) is 6.27. The zero-order chi connectivity index (χ0) is 9.26. The Morgan fingerprint density at radius 1 is 1.62 bits per heavy atom. The van der Waals surface area contributed by atoms with Crippen molar-refractivity contribution in [2.24, 2.45) is 5.84 Å². The number of hydrogen-bond acceptors (Lipinski definition) is 4. The number of nitrogens with one attached hydrogen (secondary N) is 1. The highest BCUT2D eigenvalue weighted by atomic mass is 16.7. The average molecular weight is 181 g/mol. The summed E-state index contributed by atoms with van der Waals surface area (Å²) in [6.45, 7) is 4.64. The lowest BCUT2D eigenvalue weighted by Crippen LogP contribution is -2.35. The first-order valence-corrected chi connectivity index (χ1v) is 4.56. The molecule has 2 heterocycles. The fraction of sp³-hybridized carbons (Fsp3) is 0.556. The third kappa shape index (κ3) is 1.75. The highest BCUT2D eigenvalue weighted by molar-refractivity contribution is 5.33. The van der Waals surface area contributed by atoms with Crippen molar-refractivity contribution in [1.82, 2.24) is 10.5 Å². The molecule has 0 aromatic carbocycles. The predicted molar refractivity (Wildman–Crippen MR) is 50.2 cm³/mol. The number of hydroxylamine groups is 1. The molecule has 0 fully saturated rings. The maximum absolute atomic E-state index is 5.65. The van der Waals surface area contributed by atoms with Gasteiger partial charge < -0.3 is 4.84 Å². The van der Waals surface area contributed by atoms with Gasteiger partial charge in [0.2, 0.25) is 0 Å². The monoisotopic (exact) mass is 181 g/mol. The minimum Gasteiger partial charge on any atom is -0.408 e. The molecule has 0 saturated heterocycles. The van der Waals surface area contributed by atoms with Gasteiger partial charge in [-0.1, -0.05) is 6.08 Å². The first-order valence-electron chi connectivity index (χ1n) is 4.56. The summed E-state index contributed by atoms with van der Waals surface area (Å²) >= 11 is 0. The normalized spacial score (nSPS) is 24.6. The van der Waals surface area contributed by atoms with Crippen LogP contribution < -0.4 is 11.3 Å². The van der Waals surface area contributed by atoms with Crippen LogP contribution in [-0.4, -0.2) is 24.6 Å². The van der Waals surface area contributed by atoms with E-state index in [0.717, 1.165) is 31.8 Å². The molecule has 2 aliphatic rings. The van der Waals surface area contributed by atoms with Gasteiger partial charge in [0.1, 0.15) is 5.76 Å². The lowest BCUT2D eigenvalue weighted by molar-refractivity contribution is 0.142. The number of nitrogens with zero attached hydrogens (tertiary/aromatic N) is 1. The van der Waals surface area contributed by atoms with Crippen LogP contribution in [0.5, 0.6) is 0 Å². The Hall–Kier alpha value is -0.840. The summed E-state index contributed by atoms with van der Waals surface area (Å²) in [6.07, 6.45) is 3.11. The SMILES string of the molecule is CC1=C(C2=CCN(N)CC2)ONC1. The minimum absolute atomic E-state index is 0.815. The second-order valence-electron chi connectivity index (χ2n) is 3.51. The van der Waals surface area contributed by atoms with Gasteiger partial charge in [0.05, 0.1) is 6.54 Å². The predicted octanol–water partition coefficient (Wildman–Crippen LogP) is 0.301. The second kappa shape index (κ2) is 3.49. The molecule has 0 radical (unpaired) electrons. The third-order valence-electron chi connectivity index (χ3n) is 2.43. The molecule has 0 aromatic heterocycles. The third-order valence-corrected chi connectivity index (χ3v) is 2.43. The Morgan fingerprint density at radius 3 is 3.00 bits per heavy atom. The van der Waals surface area contributed by atoms with Gasteiger partial charge in [-0.05, 0) is 24.5 Å². The van der Waals surface area contributed by atoms with E-state index >= 15 is 0 Å². The largest absolute Gasteiger partial charge is 0.408 e. The van der Waals surface area contributed by atoms with Gasteiger partial charge in [0, 0.05) is 13.1 Å². The molecule has 0 atom stereocenters. The summed E-state index contributed by atoms with van der Waals surface area (Å²) in [4.78, 5) is 5.34. The molecule has 2 rings (SSSR count). The molecule has 0 spiro atoms. The zero-order valence-electron chi connectivity index (χ0n) is 7.84. The lowest BCUT2D eigenvalue weighted by atomic mass is 10.0. The van der Waals surface area contributed by atoms with Crippen LogP contribution in [0.4, 0.5) is 0 Å². The fourth-order valence-electron chi connectivity index (χ4n) is 1.61. The number of hydrazine groups is 1. The topological polar surface area (TPSA) is 50.5 Å². The van der Waals surface area contributed by atoms with Crippen LogP contribution in [0, 0.1) is 0 Å². The van der Waals surface area contributed by atoms with E-state index in [4.69, 9.17) is 10.7 Å². The van der Waals surface area contributed by atoms with E-state index in [1.54, 1.807) is 0 Å². The van der Waals surface area contributed by atoms with Crippen molar-refractivity contribution in [3.05, 3.63) is 23.0 Å². The molecule has 0 aromatic rings.